The van der Waals surface area contributed by atoms with Crippen LogP contribution in [0, 0.1) is 0 Å². The second-order valence-corrected chi connectivity index (χ2v) is 8.10. The lowest BCUT2D eigenvalue weighted by molar-refractivity contribution is -0.129. The molecule has 0 bridgehead atoms. The van der Waals surface area contributed by atoms with Crippen LogP contribution in [-0.4, -0.2) is 70.8 Å². The number of amides is 1. The molecule has 1 unspecified atom stereocenters. The van der Waals surface area contributed by atoms with Gasteiger partial charge in [0.25, 0.3) is 0 Å². The number of piperidine rings is 1. The highest BCUT2D eigenvalue weighted by molar-refractivity contribution is 8.00. The standard InChI is InChI=1S/C19H28N6O2S/c20-18(23-19(21)25-11-8-15(26)12-25)22-14-4-6-16(7-5-14)28-13-17(27)24-9-2-1-3-10-24/h4-7,15,26H,1-3,8-13H2,(H4,20,21,22,23). The molecule has 28 heavy (non-hydrogen) atoms. The monoisotopic (exact) mass is 404 g/mol. The Morgan fingerprint density at radius 2 is 1.82 bits per heavy atom. The van der Waals surface area contributed by atoms with Gasteiger partial charge in [0.15, 0.2) is 5.96 Å². The first-order valence-corrected chi connectivity index (χ1v) is 10.6. The second-order valence-electron chi connectivity index (χ2n) is 7.05. The molecular weight excluding hydrogens is 376 g/mol. The molecule has 8 nitrogen and oxygen atoms in total. The first-order valence-electron chi connectivity index (χ1n) is 9.63. The van der Waals surface area contributed by atoms with E-state index in [1.54, 1.807) is 4.90 Å². The Morgan fingerprint density at radius 3 is 2.46 bits per heavy atom. The van der Waals surface area contributed by atoms with Crippen LogP contribution in [0.4, 0.5) is 5.69 Å². The number of thioether (sulfide) groups is 1. The Bertz CT molecular complexity index is 730. The zero-order valence-electron chi connectivity index (χ0n) is 16.0. The maximum atomic E-state index is 12.2. The van der Waals surface area contributed by atoms with E-state index in [1.165, 1.54) is 18.2 Å². The van der Waals surface area contributed by atoms with Gasteiger partial charge in [-0.1, -0.05) is 0 Å². The number of benzene rings is 1. The number of β-amino-alcohol motifs (C(OH)–C–C–N with tert-alkyl or cyclic N) is 1. The molecule has 2 aliphatic rings. The number of nitrogens with zero attached hydrogens (tertiary/aromatic N) is 4. The van der Waals surface area contributed by atoms with Gasteiger partial charge in [0.2, 0.25) is 11.9 Å². The summed E-state index contributed by atoms with van der Waals surface area (Å²) in [4.78, 5) is 25.3. The predicted octanol–water partition coefficient (Wildman–Crippen LogP) is 1.12. The van der Waals surface area contributed by atoms with E-state index >= 15 is 0 Å². The number of aliphatic hydroxyl groups excluding tert-OH is 1. The minimum Gasteiger partial charge on any atom is -0.391 e. The number of aliphatic imine (C=N–C) groups is 2. The summed E-state index contributed by atoms with van der Waals surface area (Å²) in [5.74, 6) is 0.987. The lowest BCUT2D eigenvalue weighted by Crippen LogP contribution is -2.37. The van der Waals surface area contributed by atoms with Gasteiger partial charge in [-0.15, -0.1) is 11.8 Å². The summed E-state index contributed by atoms with van der Waals surface area (Å²) >= 11 is 1.53. The Hall–Kier alpha value is -2.26. The van der Waals surface area contributed by atoms with Gasteiger partial charge in [-0.05, 0) is 49.9 Å². The van der Waals surface area contributed by atoms with Gasteiger partial charge >= 0.3 is 0 Å². The number of hydrogen-bond acceptors (Lipinski definition) is 4. The number of rotatable bonds is 4. The molecule has 2 saturated heterocycles. The summed E-state index contributed by atoms with van der Waals surface area (Å²) in [6, 6.07) is 7.52. The fraction of sp³-hybridized carbons (Fsp3) is 0.526. The summed E-state index contributed by atoms with van der Waals surface area (Å²) < 4.78 is 0. The molecule has 1 aromatic carbocycles. The van der Waals surface area contributed by atoms with Crippen molar-refractivity contribution < 1.29 is 9.90 Å². The number of likely N-dealkylation sites (tertiary alicyclic amines) is 2. The first-order chi connectivity index (χ1) is 13.5. The molecule has 0 saturated carbocycles. The molecule has 0 radical (unpaired) electrons. The highest BCUT2D eigenvalue weighted by Gasteiger charge is 2.21. The van der Waals surface area contributed by atoms with Gasteiger partial charge in [0.1, 0.15) is 0 Å². The van der Waals surface area contributed by atoms with Crippen LogP contribution >= 0.6 is 11.8 Å². The van der Waals surface area contributed by atoms with Crippen LogP contribution < -0.4 is 11.5 Å². The Morgan fingerprint density at radius 1 is 1.11 bits per heavy atom. The van der Waals surface area contributed by atoms with E-state index < -0.39 is 0 Å². The van der Waals surface area contributed by atoms with Crippen LogP contribution in [0.25, 0.3) is 0 Å². The van der Waals surface area contributed by atoms with E-state index in [-0.39, 0.29) is 23.9 Å². The van der Waals surface area contributed by atoms with Crippen molar-refractivity contribution in [2.24, 2.45) is 21.5 Å². The highest BCUT2D eigenvalue weighted by atomic mass is 32.2. The molecule has 5 N–H and O–H groups in total. The summed E-state index contributed by atoms with van der Waals surface area (Å²) in [7, 11) is 0. The van der Waals surface area contributed by atoms with Gasteiger partial charge < -0.3 is 26.4 Å². The maximum Gasteiger partial charge on any atom is 0.232 e. The zero-order chi connectivity index (χ0) is 19.9. The summed E-state index contributed by atoms with van der Waals surface area (Å²) in [5.41, 5.74) is 12.4. The Balaban J connectivity index is 1.51. The van der Waals surface area contributed by atoms with Gasteiger partial charge in [0, 0.05) is 31.1 Å². The number of carbonyl (C=O) groups excluding carboxylic acids is 1. The molecule has 1 aromatic rings. The minimum atomic E-state index is -0.376. The summed E-state index contributed by atoms with van der Waals surface area (Å²) in [5, 5.41) is 9.56. The third-order valence-electron chi connectivity index (χ3n) is 4.87. The number of carbonyl (C=O) groups is 1. The molecule has 2 heterocycles. The fourth-order valence-electron chi connectivity index (χ4n) is 3.29. The summed E-state index contributed by atoms with van der Waals surface area (Å²) in [6.07, 6.45) is 3.73. The van der Waals surface area contributed by atoms with Crippen molar-refractivity contribution in [2.45, 2.75) is 36.7 Å². The molecule has 1 amide bonds. The Kier molecular flexibility index (Phi) is 7.16. The average Bonchev–Trinajstić information content (AvgIpc) is 3.14. The predicted molar refractivity (Wildman–Crippen MR) is 113 cm³/mol. The van der Waals surface area contributed by atoms with E-state index in [0.717, 1.165) is 30.8 Å². The van der Waals surface area contributed by atoms with E-state index in [9.17, 15) is 9.90 Å². The van der Waals surface area contributed by atoms with Crippen molar-refractivity contribution >= 4 is 35.3 Å². The van der Waals surface area contributed by atoms with E-state index in [0.29, 0.717) is 31.0 Å². The highest BCUT2D eigenvalue weighted by Crippen LogP contribution is 2.23. The summed E-state index contributed by atoms with van der Waals surface area (Å²) in [6.45, 7) is 2.88. The molecule has 0 aromatic heterocycles. The Labute approximate surface area is 169 Å². The van der Waals surface area contributed by atoms with Gasteiger partial charge in [-0.3, -0.25) is 4.79 Å². The molecule has 2 aliphatic heterocycles. The van der Waals surface area contributed by atoms with Crippen LogP contribution in [0.5, 0.6) is 0 Å². The van der Waals surface area contributed by atoms with Gasteiger partial charge in [-0.2, -0.15) is 4.99 Å². The molecule has 1 atom stereocenters. The largest absolute Gasteiger partial charge is 0.391 e. The van der Waals surface area contributed by atoms with Crippen LogP contribution in [0.15, 0.2) is 39.1 Å². The number of aliphatic hydroxyl groups is 1. The number of guanidine groups is 2. The average molecular weight is 405 g/mol. The number of hydrogen-bond donors (Lipinski definition) is 3. The van der Waals surface area contributed by atoms with Gasteiger partial charge in [0.05, 0.1) is 17.5 Å². The normalized spacial score (nSPS) is 21.2. The van der Waals surface area contributed by atoms with Crippen LogP contribution in [0.1, 0.15) is 25.7 Å². The van der Waals surface area contributed by atoms with Crippen molar-refractivity contribution in [3.63, 3.8) is 0 Å². The van der Waals surface area contributed by atoms with E-state index in [1.807, 2.05) is 29.2 Å². The van der Waals surface area contributed by atoms with E-state index in [4.69, 9.17) is 11.5 Å². The van der Waals surface area contributed by atoms with E-state index in [2.05, 4.69) is 9.98 Å². The topological polar surface area (TPSA) is 121 Å². The van der Waals surface area contributed by atoms with Gasteiger partial charge in [-0.25, -0.2) is 4.99 Å². The third kappa shape index (κ3) is 5.87. The fourth-order valence-corrected chi connectivity index (χ4v) is 4.09. The lowest BCUT2D eigenvalue weighted by atomic mass is 10.1. The third-order valence-corrected chi connectivity index (χ3v) is 5.86. The quantitative estimate of drug-likeness (QED) is 0.393. The van der Waals surface area contributed by atoms with Crippen molar-refractivity contribution in [1.29, 1.82) is 0 Å². The maximum absolute atomic E-state index is 12.2. The number of nitrogens with two attached hydrogens (primary N) is 2. The SMILES string of the molecule is NC(=Nc1ccc(SCC(=O)N2CCCCC2)cc1)N=C(N)N1CCC(O)C1. The molecular formula is C19H28N6O2S. The van der Waals surface area contributed by atoms with Crippen molar-refractivity contribution in [2.75, 3.05) is 31.9 Å². The first kappa shape index (κ1) is 20.5. The molecule has 0 aliphatic carbocycles. The van der Waals surface area contributed by atoms with Crippen LogP contribution in [-0.2, 0) is 4.79 Å². The molecule has 0 spiro atoms. The zero-order valence-corrected chi connectivity index (χ0v) is 16.8. The molecule has 3 rings (SSSR count). The van der Waals surface area contributed by atoms with Crippen LogP contribution in [0.2, 0.25) is 0 Å². The molecule has 9 heteroatoms. The van der Waals surface area contributed by atoms with Crippen molar-refractivity contribution in [3.05, 3.63) is 24.3 Å². The molecule has 2 fully saturated rings. The molecule has 152 valence electrons. The second kappa shape index (κ2) is 9.79. The van der Waals surface area contributed by atoms with Crippen molar-refractivity contribution in [1.82, 2.24) is 9.80 Å². The lowest BCUT2D eigenvalue weighted by Gasteiger charge is -2.26. The van der Waals surface area contributed by atoms with Crippen molar-refractivity contribution in [3.8, 4) is 0 Å². The van der Waals surface area contributed by atoms with Crippen LogP contribution in [0.3, 0.4) is 0 Å². The minimum absolute atomic E-state index is 0.0690. The smallest absolute Gasteiger partial charge is 0.232 e.